The highest BCUT2D eigenvalue weighted by Gasteiger charge is 2.46. The number of aliphatic hydroxyl groups is 1. The molecule has 1 N–H and O–H groups in total. The molecule has 1 heteroatoms. The molecule has 0 spiro atoms. The van der Waals surface area contributed by atoms with Crippen molar-refractivity contribution < 1.29 is 5.11 Å². The van der Waals surface area contributed by atoms with Gasteiger partial charge in [0, 0.05) is 5.92 Å². The first-order valence-electron chi connectivity index (χ1n) is 13.4. The van der Waals surface area contributed by atoms with E-state index in [1.54, 1.807) is 0 Å². The molecule has 2 aliphatic rings. The molecule has 184 valence electrons. The summed E-state index contributed by atoms with van der Waals surface area (Å²) in [6.45, 7) is 24.1. The Morgan fingerprint density at radius 2 is 1.36 bits per heavy atom. The van der Waals surface area contributed by atoms with Crippen molar-refractivity contribution in [3.63, 3.8) is 0 Å². The fourth-order valence-corrected chi connectivity index (χ4v) is 5.97. The van der Waals surface area contributed by atoms with Gasteiger partial charge in [-0.05, 0) is 77.2 Å². The minimum Gasteiger partial charge on any atom is -0.384 e. The van der Waals surface area contributed by atoms with Gasteiger partial charge in [0.05, 0.1) is 5.60 Å². The van der Waals surface area contributed by atoms with Gasteiger partial charge in [-0.25, -0.2) is 0 Å². The van der Waals surface area contributed by atoms with E-state index >= 15 is 0 Å². The molecule has 33 heavy (non-hydrogen) atoms. The van der Waals surface area contributed by atoms with Gasteiger partial charge in [0.15, 0.2) is 0 Å². The summed E-state index contributed by atoms with van der Waals surface area (Å²) >= 11 is 0. The molecule has 2 aromatic rings. The monoisotopic (exact) mass is 450 g/mol. The summed E-state index contributed by atoms with van der Waals surface area (Å²) in [7, 11) is 0. The Morgan fingerprint density at radius 1 is 0.818 bits per heavy atom. The molecule has 0 saturated carbocycles. The third-order valence-electron chi connectivity index (χ3n) is 8.33. The molecular formula is C32H50O. The van der Waals surface area contributed by atoms with Crippen LogP contribution in [0.4, 0.5) is 0 Å². The quantitative estimate of drug-likeness (QED) is 0.484. The van der Waals surface area contributed by atoms with Crippen LogP contribution in [0, 0.1) is 12.8 Å². The molecule has 3 unspecified atom stereocenters. The van der Waals surface area contributed by atoms with E-state index in [0.29, 0.717) is 0 Å². The maximum Gasteiger partial charge on any atom is 0.0990 e. The molecule has 0 saturated heterocycles. The molecule has 1 nitrogen and oxygen atoms in total. The minimum atomic E-state index is -0.816. The molecule has 0 radical (unpaired) electrons. The summed E-state index contributed by atoms with van der Waals surface area (Å²) in [5.74, 6) is 0.304. The lowest BCUT2D eigenvalue weighted by atomic mass is 9.61. The topological polar surface area (TPSA) is 20.2 Å². The zero-order valence-electron chi connectivity index (χ0n) is 23.4. The molecule has 0 heterocycles. The van der Waals surface area contributed by atoms with Gasteiger partial charge in [-0.2, -0.15) is 0 Å². The third-order valence-corrected chi connectivity index (χ3v) is 8.33. The van der Waals surface area contributed by atoms with Gasteiger partial charge < -0.3 is 5.11 Å². The van der Waals surface area contributed by atoms with Gasteiger partial charge in [0.1, 0.15) is 0 Å². The van der Waals surface area contributed by atoms with Crippen LogP contribution in [-0.4, -0.2) is 5.11 Å². The van der Waals surface area contributed by atoms with Crippen LogP contribution < -0.4 is 0 Å². The van der Waals surface area contributed by atoms with E-state index in [4.69, 9.17) is 0 Å². The Labute approximate surface area is 205 Å². The van der Waals surface area contributed by atoms with Gasteiger partial charge >= 0.3 is 0 Å². The standard InChI is InChI=1S/C28H38O.2C2H6/c1-18-8-12-23-22(16-18)10-9-19(2)28(23,29)20(3)21-11-13-24-25(17-21)27(6,7)15-14-26(24,4)5;2*1-2/h8,11-13,16-17,19-20,29H,9-10,14-15H2,1-7H3;2*1-2H3. The van der Waals surface area contributed by atoms with Crippen molar-refractivity contribution in [1.29, 1.82) is 0 Å². The molecule has 2 aliphatic carbocycles. The van der Waals surface area contributed by atoms with Gasteiger partial charge in [-0.1, -0.05) is 111 Å². The summed E-state index contributed by atoms with van der Waals surface area (Å²) in [4.78, 5) is 0. The Kier molecular flexibility index (Phi) is 8.67. The highest BCUT2D eigenvalue weighted by Crippen LogP contribution is 2.51. The first-order valence-corrected chi connectivity index (χ1v) is 13.4. The number of benzene rings is 2. The third kappa shape index (κ3) is 4.95. The molecule has 0 aliphatic heterocycles. The number of hydrogen-bond acceptors (Lipinski definition) is 1. The van der Waals surface area contributed by atoms with Crippen molar-refractivity contribution in [1.82, 2.24) is 0 Å². The van der Waals surface area contributed by atoms with Crippen LogP contribution in [0.3, 0.4) is 0 Å². The van der Waals surface area contributed by atoms with Crippen molar-refractivity contribution in [3.8, 4) is 0 Å². The lowest BCUT2D eigenvalue weighted by molar-refractivity contribution is -0.0487. The van der Waals surface area contributed by atoms with E-state index in [0.717, 1.165) is 18.4 Å². The van der Waals surface area contributed by atoms with Crippen LogP contribution >= 0.6 is 0 Å². The Hall–Kier alpha value is -1.60. The number of fused-ring (bicyclic) bond motifs is 2. The molecule has 0 amide bonds. The Morgan fingerprint density at radius 3 is 1.97 bits per heavy atom. The van der Waals surface area contributed by atoms with Crippen LogP contribution in [0.2, 0.25) is 0 Å². The van der Waals surface area contributed by atoms with Gasteiger partial charge in [0.2, 0.25) is 0 Å². The fourth-order valence-electron chi connectivity index (χ4n) is 5.97. The van der Waals surface area contributed by atoms with E-state index < -0.39 is 5.60 Å². The molecule has 4 rings (SSSR count). The number of hydrogen-bond donors (Lipinski definition) is 1. The molecule has 0 bridgehead atoms. The van der Waals surface area contributed by atoms with E-state index in [9.17, 15) is 5.11 Å². The van der Waals surface area contributed by atoms with E-state index in [2.05, 4.69) is 84.9 Å². The second kappa shape index (κ2) is 10.3. The normalized spacial score (nSPS) is 25.3. The number of rotatable bonds is 2. The lowest BCUT2D eigenvalue weighted by Gasteiger charge is -2.46. The maximum absolute atomic E-state index is 12.1. The summed E-state index contributed by atoms with van der Waals surface area (Å²) in [6.07, 6.45) is 4.56. The van der Waals surface area contributed by atoms with Crippen LogP contribution in [0.25, 0.3) is 0 Å². The van der Waals surface area contributed by atoms with Crippen LogP contribution in [0.1, 0.15) is 128 Å². The summed E-state index contributed by atoms with van der Waals surface area (Å²) < 4.78 is 0. The van der Waals surface area contributed by atoms with Crippen LogP contribution in [0.15, 0.2) is 36.4 Å². The SMILES string of the molecule is CC.CC.Cc1ccc2c(c1)CCC(C)C2(O)C(C)c1ccc2c(c1)C(C)(C)CCC2(C)C. The van der Waals surface area contributed by atoms with Gasteiger partial charge in [0.25, 0.3) is 0 Å². The van der Waals surface area contributed by atoms with E-state index in [1.165, 1.54) is 40.7 Å². The predicted molar refractivity (Wildman–Crippen MR) is 145 cm³/mol. The largest absolute Gasteiger partial charge is 0.384 e. The summed E-state index contributed by atoms with van der Waals surface area (Å²) in [6, 6.07) is 13.7. The summed E-state index contributed by atoms with van der Waals surface area (Å²) in [5.41, 5.74) is 7.61. The van der Waals surface area contributed by atoms with Gasteiger partial charge in [-0.3, -0.25) is 0 Å². The summed E-state index contributed by atoms with van der Waals surface area (Å²) in [5, 5.41) is 12.1. The first kappa shape index (κ1) is 27.6. The lowest BCUT2D eigenvalue weighted by Crippen LogP contribution is -2.43. The minimum absolute atomic E-state index is 0.0606. The van der Waals surface area contributed by atoms with Crippen LogP contribution in [-0.2, 0) is 22.9 Å². The smallest absolute Gasteiger partial charge is 0.0990 e. The Balaban J connectivity index is 0.000000914. The van der Waals surface area contributed by atoms with Crippen molar-refractivity contribution in [2.24, 2.45) is 5.92 Å². The highest BCUT2D eigenvalue weighted by molar-refractivity contribution is 5.47. The molecular weight excluding hydrogens is 400 g/mol. The second-order valence-corrected chi connectivity index (χ2v) is 11.2. The van der Waals surface area contributed by atoms with E-state index in [-0.39, 0.29) is 22.7 Å². The second-order valence-electron chi connectivity index (χ2n) is 11.2. The molecule has 3 atom stereocenters. The van der Waals surface area contributed by atoms with Crippen molar-refractivity contribution in [3.05, 3.63) is 69.8 Å². The zero-order chi connectivity index (χ0) is 25.2. The van der Waals surface area contributed by atoms with E-state index in [1.807, 2.05) is 27.7 Å². The average Bonchev–Trinajstić information content (AvgIpc) is 2.81. The predicted octanol–water partition coefficient (Wildman–Crippen LogP) is 8.97. The highest BCUT2D eigenvalue weighted by atomic mass is 16.3. The van der Waals surface area contributed by atoms with Crippen molar-refractivity contribution in [2.45, 2.75) is 124 Å². The molecule has 2 aromatic carbocycles. The van der Waals surface area contributed by atoms with Crippen molar-refractivity contribution >= 4 is 0 Å². The molecule has 0 fully saturated rings. The van der Waals surface area contributed by atoms with Gasteiger partial charge in [-0.15, -0.1) is 0 Å². The molecule has 0 aromatic heterocycles. The van der Waals surface area contributed by atoms with Crippen LogP contribution in [0.5, 0.6) is 0 Å². The first-order chi connectivity index (χ1) is 15.5. The average molecular weight is 451 g/mol. The number of aryl methyl sites for hydroxylation is 2. The van der Waals surface area contributed by atoms with Crippen molar-refractivity contribution in [2.75, 3.05) is 0 Å². The fraction of sp³-hybridized carbons (Fsp3) is 0.625. The maximum atomic E-state index is 12.1. The Bertz CT molecular complexity index is 936. The zero-order valence-corrected chi connectivity index (χ0v) is 23.4.